The summed E-state index contributed by atoms with van der Waals surface area (Å²) in [5, 5.41) is 16.7. The highest BCUT2D eigenvalue weighted by atomic mass is 16.4. The van der Waals surface area contributed by atoms with Crippen molar-refractivity contribution in [2.24, 2.45) is 0 Å². The van der Waals surface area contributed by atoms with Gasteiger partial charge < -0.3 is 10.2 Å². The molecule has 0 atom stereocenters. The van der Waals surface area contributed by atoms with E-state index >= 15 is 0 Å². The normalized spacial score (nSPS) is 11.1. The van der Waals surface area contributed by atoms with Crippen molar-refractivity contribution in [1.82, 2.24) is 0 Å². The van der Waals surface area contributed by atoms with Crippen LogP contribution in [0.4, 0.5) is 0 Å². The third-order valence-electron chi connectivity index (χ3n) is 0.863. The summed E-state index contributed by atoms with van der Waals surface area (Å²) in [6.45, 7) is 0. The van der Waals surface area contributed by atoms with Gasteiger partial charge >= 0.3 is 5.97 Å². The Bertz CT molecular complexity index is 291. The van der Waals surface area contributed by atoms with Gasteiger partial charge in [-0.25, -0.2) is 4.79 Å². The summed E-state index contributed by atoms with van der Waals surface area (Å²) in [6, 6.07) is 0. The third-order valence-corrected chi connectivity index (χ3v) is 0.863. The van der Waals surface area contributed by atoms with Gasteiger partial charge in [0.15, 0.2) is 0 Å². The number of carbonyl (C=O) groups excluding carboxylic acids is 1. The molecular weight excluding hydrogens is 160 g/mol. The quantitative estimate of drug-likeness (QED) is 0.207. The maximum Gasteiger partial charge on any atom is 0.370 e. The summed E-state index contributed by atoms with van der Waals surface area (Å²) in [5.41, 5.74) is 0. The topological polar surface area (TPSA) is 74.6 Å². The maximum absolute atomic E-state index is 10.4. The van der Waals surface area contributed by atoms with Crippen molar-refractivity contribution in [1.29, 1.82) is 0 Å². The molecular formula is C8H6O4. The summed E-state index contributed by atoms with van der Waals surface area (Å²) >= 11 is 0. The highest BCUT2D eigenvalue weighted by Gasteiger charge is 1.99. The fourth-order valence-electron chi connectivity index (χ4n) is 0.346. The molecule has 0 fully saturated rings. The minimum atomic E-state index is -1.46. The number of ketones is 1. The second kappa shape index (κ2) is 4.74. The predicted octanol–water partition coefficient (Wildman–Crippen LogP) is 0.271. The van der Waals surface area contributed by atoms with Crippen molar-refractivity contribution in [3.8, 4) is 12.3 Å². The van der Waals surface area contributed by atoms with E-state index in [1.807, 2.05) is 0 Å². The first kappa shape index (κ1) is 9.98. The van der Waals surface area contributed by atoms with Crippen LogP contribution in [-0.4, -0.2) is 22.0 Å². The zero-order valence-corrected chi connectivity index (χ0v) is 6.02. The number of hydrogen-bond donors (Lipinski definition) is 2. The molecule has 0 aliphatic heterocycles. The van der Waals surface area contributed by atoms with Crippen LogP contribution in [-0.2, 0) is 9.59 Å². The number of aliphatic hydroxyl groups excluding tert-OH is 1. The van der Waals surface area contributed by atoms with Gasteiger partial charge in [0.25, 0.3) is 0 Å². The van der Waals surface area contributed by atoms with Crippen LogP contribution in [0.25, 0.3) is 0 Å². The molecule has 0 aromatic heterocycles. The summed E-state index contributed by atoms with van der Waals surface area (Å²) in [4.78, 5) is 20.3. The average Bonchev–Trinajstić information content (AvgIpc) is 2.03. The van der Waals surface area contributed by atoms with E-state index in [0.717, 1.165) is 18.2 Å². The molecule has 0 unspecified atom stereocenters. The number of aliphatic carboxylic acids is 1. The largest absolute Gasteiger partial charge is 0.502 e. The van der Waals surface area contributed by atoms with Crippen LogP contribution < -0.4 is 0 Å². The molecule has 0 spiro atoms. The van der Waals surface area contributed by atoms with Crippen LogP contribution in [0, 0.1) is 12.3 Å². The fraction of sp³-hybridized carbons (Fsp3) is 0. The zero-order chi connectivity index (χ0) is 9.56. The fourth-order valence-corrected chi connectivity index (χ4v) is 0.346. The van der Waals surface area contributed by atoms with E-state index in [2.05, 4.69) is 0 Å². The molecule has 0 rings (SSSR count). The molecule has 0 bridgehead atoms. The smallest absolute Gasteiger partial charge is 0.370 e. The molecule has 4 heteroatoms. The summed E-state index contributed by atoms with van der Waals surface area (Å²) in [5.74, 6) is -1.13. The van der Waals surface area contributed by atoms with Crippen molar-refractivity contribution in [3.63, 3.8) is 0 Å². The molecule has 2 N–H and O–H groups in total. The molecule has 0 aromatic rings. The molecule has 0 heterocycles. The maximum atomic E-state index is 10.4. The minimum absolute atomic E-state index is 0.593. The number of carboxylic acid groups (broad SMARTS) is 1. The highest BCUT2D eigenvalue weighted by Crippen LogP contribution is 1.88. The van der Waals surface area contributed by atoms with Crippen molar-refractivity contribution in [3.05, 3.63) is 24.0 Å². The zero-order valence-electron chi connectivity index (χ0n) is 6.02. The van der Waals surface area contributed by atoms with E-state index in [1.165, 1.54) is 0 Å². The summed E-state index contributed by atoms with van der Waals surface area (Å²) < 4.78 is 0. The van der Waals surface area contributed by atoms with Gasteiger partial charge in [0.2, 0.25) is 11.5 Å². The van der Waals surface area contributed by atoms with Gasteiger partial charge in [-0.2, -0.15) is 0 Å². The molecule has 0 amide bonds. The number of carbonyl (C=O) groups is 2. The minimum Gasteiger partial charge on any atom is -0.502 e. The van der Waals surface area contributed by atoms with Gasteiger partial charge in [0, 0.05) is 0 Å². The summed E-state index contributed by atoms with van der Waals surface area (Å²) in [7, 11) is 0. The standard InChI is InChI=1S/C8H6O4/c1-2-6(9)4-3-5-7(10)8(11)12/h1,3-5,10H,(H,11,12). The van der Waals surface area contributed by atoms with E-state index in [0.29, 0.717) is 0 Å². The summed E-state index contributed by atoms with van der Waals surface area (Å²) in [6.07, 6.45) is 7.59. The molecule has 0 saturated heterocycles. The number of allylic oxidation sites excluding steroid dienone is 3. The van der Waals surface area contributed by atoms with E-state index < -0.39 is 17.5 Å². The molecule has 12 heavy (non-hydrogen) atoms. The van der Waals surface area contributed by atoms with Gasteiger partial charge in [-0.3, -0.25) is 4.79 Å². The number of aliphatic hydroxyl groups is 1. The van der Waals surface area contributed by atoms with Crippen LogP contribution in [0.15, 0.2) is 24.0 Å². The average molecular weight is 166 g/mol. The van der Waals surface area contributed by atoms with Crippen LogP contribution in [0.5, 0.6) is 0 Å². The lowest BCUT2D eigenvalue weighted by molar-refractivity contribution is -0.135. The van der Waals surface area contributed by atoms with Crippen molar-refractivity contribution in [2.75, 3.05) is 0 Å². The lowest BCUT2D eigenvalue weighted by Crippen LogP contribution is -1.97. The van der Waals surface area contributed by atoms with Gasteiger partial charge in [0.05, 0.1) is 0 Å². The van der Waals surface area contributed by atoms with E-state index in [-0.39, 0.29) is 0 Å². The van der Waals surface area contributed by atoms with Gasteiger partial charge in [-0.15, -0.1) is 6.42 Å². The Morgan fingerprint density at radius 3 is 2.33 bits per heavy atom. The van der Waals surface area contributed by atoms with Crippen LogP contribution in [0.3, 0.4) is 0 Å². The monoisotopic (exact) mass is 166 g/mol. The van der Waals surface area contributed by atoms with Crippen molar-refractivity contribution >= 4 is 11.8 Å². The Hall–Kier alpha value is -2.02. The molecule has 62 valence electrons. The molecule has 0 aliphatic rings. The van der Waals surface area contributed by atoms with Crippen LogP contribution >= 0.6 is 0 Å². The Morgan fingerprint density at radius 1 is 1.33 bits per heavy atom. The van der Waals surface area contributed by atoms with Crippen LogP contribution in [0.2, 0.25) is 0 Å². The number of rotatable bonds is 3. The predicted molar refractivity (Wildman–Crippen MR) is 41.3 cm³/mol. The number of carboxylic acids is 1. The number of terminal acetylenes is 1. The third kappa shape index (κ3) is 3.90. The first-order chi connectivity index (χ1) is 5.57. The lowest BCUT2D eigenvalue weighted by Gasteiger charge is -1.85. The Kier molecular flexibility index (Phi) is 3.94. The van der Waals surface area contributed by atoms with Crippen molar-refractivity contribution < 1.29 is 19.8 Å². The molecule has 0 aromatic carbocycles. The van der Waals surface area contributed by atoms with Gasteiger partial charge in [-0.1, -0.05) is 6.08 Å². The SMILES string of the molecule is C#CC(=O)C=CC=C(O)C(=O)O. The first-order valence-corrected chi connectivity index (χ1v) is 2.89. The van der Waals surface area contributed by atoms with E-state index in [4.69, 9.17) is 16.6 Å². The second-order valence-corrected chi connectivity index (χ2v) is 1.72. The molecule has 4 nitrogen and oxygen atoms in total. The number of hydrogen-bond acceptors (Lipinski definition) is 3. The molecule has 0 radical (unpaired) electrons. The lowest BCUT2D eigenvalue weighted by atomic mass is 10.3. The Labute approximate surface area is 68.8 Å². The Morgan fingerprint density at radius 2 is 1.92 bits per heavy atom. The van der Waals surface area contributed by atoms with Crippen LogP contribution in [0.1, 0.15) is 0 Å². The highest BCUT2D eigenvalue weighted by molar-refractivity contribution is 6.03. The Balaban J connectivity index is 4.24. The second-order valence-electron chi connectivity index (χ2n) is 1.72. The van der Waals surface area contributed by atoms with E-state index in [1.54, 1.807) is 5.92 Å². The molecule has 0 aliphatic carbocycles. The first-order valence-electron chi connectivity index (χ1n) is 2.89. The van der Waals surface area contributed by atoms with Gasteiger partial charge in [-0.05, 0) is 18.1 Å². The van der Waals surface area contributed by atoms with Gasteiger partial charge in [0.1, 0.15) is 0 Å². The van der Waals surface area contributed by atoms with Crippen molar-refractivity contribution in [2.45, 2.75) is 0 Å². The van der Waals surface area contributed by atoms with E-state index in [9.17, 15) is 9.59 Å². The molecule has 0 saturated carbocycles.